The first-order valence-electron chi connectivity index (χ1n) is 21.0. The normalized spacial score (nSPS) is 18.3. The Morgan fingerprint density at radius 3 is 1.94 bits per heavy atom. The van der Waals surface area contributed by atoms with Gasteiger partial charge in [-0.1, -0.05) is 98.1 Å². The summed E-state index contributed by atoms with van der Waals surface area (Å²) in [6.45, 7) is 10.3. The molecule has 5 atom stereocenters. The summed E-state index contributed by atoms with van der Waals surface area (Å²) in [6.07, 6.45) is -3.94. The van der Waals surface area contributed by atoms with E-state index < -0.39 is 68.9 Å². The van der Waals surface area contributed by atoms with Crippen LogP contribution in [-0.4, -0.2) is 103 Å². The first-order chi connectivity index (χ1) is 31.4. The average molecular weight is 916 g/mol. The van der Waals surface area contributed by atoms with E-state index in [1.165, 1.54) is 58.2 Å². The largest absolute Gasteiger partial charge is 0.756 e. The van der Waals surface area contributed by atoms with Crippen molar-refractivity contribution in [2.75, 3.05) is 59.4 Å². The van der Waals surface area contributed by atoms with Gasteiger partial charge in [-0.25, -0.2) is 14.4 Å². The lowest BCUT2D eigenvalue weighted by Gasteiger charge is -2.37. The number of benzene rings is 4. The number of nitrogens with two attached hydrogens (primary N) is 1. The maximum absolute atomic E-state index is 13.6. The van der Waals surface area contributed by atoms with E-state index in [1.54, 1.807) is 61.5 Å². The van der Waals surface area contributed by atoms with Gasteiger partial charge in [-0.2, -0.15) is 9.51 Å². The number of rotatable bonds is 20. The zero-order valence-corrected chi connectivity index (χ0v) is 38.1. The van der Waals surface area contributed by atoms with E-state index in [2.05, 4.69) is 30.7 Å². The highest BCUT2D eigenvalue weighted by Gasteiger charge is 2.65. The minimum Gasteiger partial charge on any atom is -0.497 e. The third-order valence-electron chi connectivity index (χ3n) is 10.6. The van der Waals surface area contributed by atoms with Crippen LogP contribution >= 0.6 is 8.25 Å². The summed E-state index contributed by atoms with van der Waals surface area (Å²) < 4.78 is 60.9. The van der Waals surface area contributed by atoms with Gasteiger partial charge in [-0.05, 0) is 85.7 Å². The van der Waals surface area contributed by atoms with Crippen LogP contribution in [0.5, 0.6) is 11.5 Å². The number of carbonyl (C=O) groups is 2. The van der Waals surface area contributed by atoms with Gasteiger partial charge in [0.05, 0.1) is 33.0 Å². The lowest BCUT2D eigenvalue weighted by atomic mass is 9.79. The lowest BCUT2D eigenvalue weighted by molar-refractivity contribution is -0.234. The van der Waals surface area contributed by atoms with Crippen LogP contribution in [0.4, 0.5) is 5.82 Å². The highest BCUT2D eigenvalue weighted by Crippen LogP contribution is 2.48. The van der Waals surface area contributed by atoms with Crippen molar-refractivity contribution in [2.24, 2.45) is 0 Å². The molecule has 6 rings (SSSR count). The van der Waals surface area contributed by atoms with Crippen molar-refractivity contribution in [3.63, 3.8) is 0 Å². The van der Waals surface area contributed by atoms with Crippen LogP contribution in [0, 0.1) is 0 Å². The molecule has 0 radical (unpaired) electrons. The summed E-state index contributed by atoms with van der Waals surface area (Å²) in [5.41, 5.74) is 5.14. The second kappa shape index (κ2) is 23.8. The summed E-state index contributed by atoms with van der Waals surface area (Å²) in [5.74, 6) is -3.87. The van der Waals surface area contributed by atoms with Crippen LogP contribution < -0.4 is 20.9 Å². The minimum atomic E-state index is -3.51. The van der Waals surface area contributed by atoms with Crippen LogP contribution in [0.25, 0.3) is 0 Å². The van der Waals surface area contributed by atoms with Crippen molar-refractivity contribution < 1.29 is 56.7 Å². The number of ether oxygens (including phenoxy) is 6. The molecule has 65 heavy (non-hydrogen) atoms. The number of aromatic nitrogens is 2. The summed E-state index contributed by atoms with van der Waals surface area (Å²) in [5, 5.41) is 12.7. The number of nitrogen functional groups attached to an aromatic ring is 1. The van der Waals surface area contributed by atoms with Crippen LogP contribution in [0.15, 0.2) is 126 Å². The Hall–Kier alpha value is -6.04. The smallest absolute Gasteiger partial charge is 0.497 e. The molecule has 1 unspecified atom stereocenters. The number of aliphatic hydroxyl groups is 1. The first kappa shape index (κ1) is 50.0. The molecule has 1 saturated heterocycles. The van der Waals surface area contributed by atoms with Gasteiger partial charge in [0, 0.05) is 10.8 Å². The molecule has 0 bridgehead atoms. The number of anilines is 1. The maximum Gasteiger partial charge on any atom is 0.756 e. The molecule has 4 aromatic carbocycles. The van der Waals surface area contributed by atoms with Crippen molar-refractivity contribution >= 4 is 26.0 Å². The molecule has 1 fully saturated rings. The second-order valence-electron chi connectivity index (χ2n) is 14.3. The van der Waals surface area contributed by atoms with E-state index in [1.807, 2.05) is 42.5 Å². The fourth-order valence-corrected chi connectivity index (χ4v) is 7.94. The summed E-state index contributed by atoms with van der Waals surface area (Å²) in [7, 11) is -0.463. The molecule has 1 aliphatic heterocycles. The molecule has 1 aromatic heterocycles. The first-order valence-corrected chi connectivity index (χ1v) is 22.1. The van der Waals surface area contributed by atoms with E-state index in [4.69, 9.17) is 43.2 Å². The molecule has 18 heteroatoms. The van der Waals surface area contributed by atoms with Gasteiger partial charge in [0.2, 0.25) is 0 Å². The van der Waals surface area contributed by atoms with Gasteiger partial charge in [-0.15, -0.1) is 0 Å². The van der Waals surface area contributed by atoms with Crippen molar-refractivity contribution in [3.05, 3.63) is 154 Å². The van der Waals surface area contributed by atoms with Gasteiger partial charge in [-0.3, -0.25) is 4.57 Å². The molecule has 0 saturated carbocycles. The fourth-order valence-electron chi connectivity index (χ4n) is 7.20. The number of hydrogen-bond donors (Lipinski definition) is 2. The van der Waals surface area contributed by atoms with Gasteiger partial charge < -0.3 is 44.2 Å². The van der Waals surface area contributed by atoms with Crippen molar-refractivity contribution in [1.82, 2.24) is 14.5 Å². The lowest BCUT2D eigenvalue weighted by Crippen LogP contribution is -2.53. The van der Waals surface area contributed by atoms with E-state index in [-0.39, 0.29) is 18.0 Å². The Morgan fingerprint density at radius 2 is 1.42 bits per heavy atom. The summed E-state index contributed by atoms with van der Waals surface area (Å²) in [6, 6.07) is 32.4. The molecule has 17 nitrogen and oxygen atoms in total. The summed E-state index contributed by atoms with van der Waals surface area (Å²) in [4.78, 5) is 45.0. The zero-order chi connectivity index (χ0) is 47.0. The second-order valence-corrected chi connectivity index (χ2v) is 15.2. The number of carbonyl (C=O) groups excluding carboxylic acids is 2. The Kier molecular flexibility index (Phi) is 18.3. The Morgan fingerprint density at radius 1 is 0.846 bits per heavy atom. The quantitative estimate of drug-likeness (QED) is 0.0382. The third kappa shape index (κ3) is 12.2. The Labute approximate surface area is 378 Å². The van der Waals surface area contributed by atoms with Gasteiger partial charge in [0.15, 0.2) is 12.3 Å². The van der Waals surface area contributed by atoms with Gasteiger partial charge in [0.25, 0.3) is 5.79 Å². The molecule has 5 aromatic rings. The highest BCUT2D eigenvalue weighted by molar-refractivity contribution is 7.34. The molecule has 1 aliphatic rings. The molecule has 0 amide bonds. The predicted octanol–water partition coefficient (Wildman–Crippen LogP) is 6.26. The van der Waals surface area contributed by atoms with Crippen molar-refractivity contribution in [3.8, 4) is 11.5 Å². The van der Waals surface area contributed by atoms with E-state index in [0.717, 1.165) is 4.57 Å². The molecule has 0 spiro atoms. The Balaban J connectivity index is 0.00000105. The van der Waals surface area contributed by atoms with E-state index >= 15 is 0 Å². The molecular formula is C47H56N4O13P+. The van der Waals surface area contributed by atoms with Gasteiger partial charge in [0.1, 0.15) is 35.6 Å². The monoisotopic (exact) mass is 915 g/mol. The van der Waals surface area contributed by atoms with Crippen LogP contribution in [-0.2, 0) is 43.0 Å². The van der Waals surface area contributed by atoms with Crippen LogP contribution in [0.1, 0.15) is 61.0 Å². The predicted molar refractivity (Wildman–Crippen MR) is 240 cm³/mol. The minimum absolute atomic E-state index is 0.00275. The Bertz CT molecular complexity index is 2330. The van der Waals surface area contributed by atoms with Crippen LogP contribution in [0.2, 0.25) is 0 Å². The zero-order valence-electron chi connectivity index (χ0n) is 37.2. The fraction of sp³-hybridized carbons (Fsp3) is 0.362. The number of esters is 1. The molecule has 0 aliphatic carbocycles. The third-order valence-corrected chi connectivity index (χ3v) is 11.3. The number of hydrogen-bond acceptors (Lipinski definition) is 16. The molecule has 2 heterocycles. The topological polar surface area (TPSA) is 209 Å². The van der Waals surface area contributed by atoms with Gasteiger partial charge >= 0.3 is 25.9 Å². The maximum atomic E-state index is 13.6. The van der Waals surface area contributed by atoms with Crippen molar-refractivity contribution in [2.45, 2.75) is 57.5 Å². The molecule has 3 N–H and O–H groups in total. The number of methoxy groups -OCH3 is 2. The van der Waals surface area contributed by atoms with Crippen molar-refractivity contribution in [1.29, 1.82) is 0 Å². The molecule has 346 valence electrons. The SMILES string of the molecule is CCN(CC)CC.CCOC(=O)CO[C@H]1[C@H](n2ccc(N)nc2=O)O[C@H](COC(c2ccccc2)(c2cccc(OC)c2)c2cccc(OC)c2)[C@@]1(O)O[P+](=O)OC(=O)c1ccccc1. The standard InChI is InChI=1S/C41H40N3O13P.C6H15N/c1-4-52-35(45)26-53-36-37(44-22-21-34(42)43-39(44)47)55-33(41(36,48)57-58(49)56-38(46)27-13-7-5-8-14-27)25-54-40(28-15-9-6-10-16-28,29-17-11-19-31(23-29)50-2)30-18-12-20-32(24-30)51-3;1-4-7(5-2)6-3/h5-24,33,36-37,48H,4,25-26H2,1-3H3,(H-,42,43,47);4-6H2,1-3H3/p+1/t33-,36+,37-,41-;/m1./s1. The van der Waals surface area contributed by atoms with Crippen LogP contribution in [0.3, 0.4) is 0 Å². The average Bonchev–Trinajstić information content (AvgIpc) is 3.59. The van der Waals surface area contributed by atoms with E-state index in [0.29, 0.717) is 28.2 Å². The van der Waals surface area contributed by atoms with E-state index in [9.17, 15) is 24.1 Å². The summed E-state index contributed by atoms with van der Waals surface area (Å²) >= 11 is 0. The highest BCUT2D eigenvalue weighted by atomic mass is 31.1. The number of nitrogens with zero attached hydrogens (tertiary/aromatic N) is 3. The molecular weight excluding hydrogens is 860 g/mol.